The first kappa shape index (κ1) is 19.4. The fourth-order valence-electron chi connectivity index (χ4n) is 3.12. The van der Waals surface area contributed by atoms with Crippen LogP contribution >= 0.6 is 0 Å². The zero-order chi connectivity index (χ0) is 20.9. The van der Waals surface area contributed by atoms with Crippen LogP contribution < -0.4 is 14.8 Å². The SMILES string of the molecule is COc1ccc(N[C@@H](c2ccccc2)c2nnc(-c3ccccc3F)o2)cc1OC. The van der Waals surface area contributed by atoms with E-state index in [1.807, 2.05) is 48.5 Å². The van der Waals surface area contributed by atoms with Crippen molar-refractivity contribution in [2.75, 3.05) is 19.5 Å². The molecule has 6 nitrogen and oxygen atoms in total. The van der Waals surface area contributed by atoms with Gasteiger partial charge in [-0.1, -0.05) is 42.5 Å². The number of hydrogen-bond acceptors (Lipinski definition) is 6. The second-order valence-electron chi connectivity index (χ2n) is 6.48. The summed E-state index contributed by atoms with van der Waals surface area (Å²) < 4.78 is 30.7. The Morgan fingerprint density at radius 3 is 2.33 bits per heavy atom. The summed E-state index contributed by atoms with van der Waals surface area (Å²) in [7, 11) is 3.16. The average molecular weight is 405 g/mol. The number of hydrogen-bond donors (Lipinski definition) is 1. The Bertz CT molecular complexity index is 1130. The van der Waals surface area contributed by atoms with Gasteiger partial charge in [-0.25, -0.2) is 4.39 Å². The number of benzene rings is 3. The van der Waals surface area contributed by atoms with E-state index in [2.05, 4.69) is 15.5 Å². The second-order valence-corrected chi connectivity index (χ2v) is 6.48. The van der Waals surface area contributed by atoms with Crippen molar-refractivity contribution >= 4 is 5.69 Å². The average Bonchev–Trinajstić information content (AvgIpc) is 3.27. The summed E-state index contributed by atoms with van der Waals surface area (Å²) in [6, 6.07) is 21.0. The van der Waals surface area contributed by atoms with Crippen molar-refractivity contribution in [3.63, 3.8) is 0 Å². The highest BCUT2D eigenvalue weighted by Crippen LogP contribution is 2.33. The predicted octanol–water partition coefficient (Wildman–Crippen LogP) is 5.09. The molecule has 7 heteroatoms. The lowest BCUT2D eigenvalue weighted by Gasteiger charge is -2.18. The van der Waals surface area contributed by atoms with Gasteiger partial charge in [-0.3, -0.25) is 0 Å². The van der Waals surface area contributed by atoms with Gasteiger partial charge >= 0.3 is 0 Å². The lowest BCUT2D eigenvalue weighted by molar-refractivity contribution is 0.355. The lowest BCUT2D eigenvalue weighted by atomic mass is 10.1. The van der Waals surface area contributed by atoms with Crippen LogP contribution in [0.4, 0.5) is 10.1 Å². The molecule has 0 amide bonds. The zero-order valence-electron chi connectivity index (χ0n) is 16.5. The highest BCUT2D eigenvalue weighted by molar-refractivity contribution is 5.57. The van der Waals surface area contributed by atoms with Crippen LogP contribution in [0.15, 0.2) is 77.2 Å². The molecule has 0 saturated heterocycles. The Morgan fingerprint density at radius 2 is 1.60 bits per heavy atom. The lowest BCUT2D eigenvalue weighted by Crippen LogP contribution is -2.13. The van der Waals surface area contributed by atoms with Gasteiger partial charge in [-0.15, -0.1) is 10.2 Å². The van der Waals surface area contributed by atoms with Gasteiger partial charge in [-0.05, 0) is 29.8 Å². The van der Waals surface area contributed by atoms with Gasteiger partial charge in [0.1, 0.15) is 11.9 Å². The second kappa shape index (κ2) is 8.65. The van der Waals surface area contributed by atoms with Crippen LogP contribution in [0.2, 0.25) is 0 Å². The largest absolute Gasteiger partial charge is 0.493 e. The summed E-state index contributed by atoms with van der Waals surface area (Å²) in [6.45, 7) is 0. The molecule has 0 aliphatic carbocycles. The molecule has 0 aliphatic rings. The van der Waals surface area contributed by atoms with Crippen molar-refractivity contribution < 1.29 is 18.3 Å². The molecule has 4 aromatic rings. The molecule has 1 aromatic heterocycles. The molecule has 0 unspecified atom stereocenters. The van der Waals surface area contributed by atoms with Gasteiger partial charge in [0.25, 0.3) is 5.89 Å². The maximum atomic E-state index is 14.1. The summed E-state index contributed by atoms with van der Waals surface area (Å²) in [4.78, 5) is 0. The number of aromatic nitrogens is 2. The van der Waals surface area contributed by atoms with Crippen LogP contribution in [0.25, 0.3) is 11.5 Å². The molecule has 0 aliphatic heterocycles. The molecule has 1 N–H and O–H groups in total. The fraction of sp³-hybridized carbons (Fsp3) is 0.130. The summed E-state index contributed by atoms with van der Waals surface area (Å²) in [5.74, 6) is 1.23. The molecule has 1 atom stereocenters. The predicted molar refractivity (Wildman–Crippen MR) is 111 cm³/mol. The topological polar surface area (TPSA) is 69.4 Å². The zero-order valence-corrected chi connectivity index (χ0v) is 16.5. The van der Waals surface area contributed by atoms with Crippen molar-refractivity contribution in [3.05, 3.63) is 90.1 Å². The van der Waals surface area contributed by atoms with E-state index in [1.54, 1.807) is 32.4 Å². The van der Waals surface area contributed by atoms with Crippen LogP contribution in [0, 0.1) is 5.82 Å². The van der Waals surface area contributed by atoms with Crippen molar-refractivity contribution in [1.29, 1.82) is 0 Å². The summed E-state index contributed by atoms with van der Waals surface area (Å²) in [5, 5.41) is 11.6. The van der Waals surface area contributed by atoms with Gasteiger partial charge in [-0.2, -0.15) is 0 Å². The molecule has 0 radical (unpaired) electrons. The van der Waals surface area contributed by atoms with Crippen molar-refractivity contribution in [2.45, 2.75) is 6.04 Å². The number of nitrogens with one attached hydrogen (secondary N) is 1. The molecule has 0 bridgehead atoms. The van der Waals surface area contributed by atoms with E-state index >= 15 is 0 Å². The molecular weight excluding hydrogens is 385 g/mol. The van der Waals surface area contributed by atoms with E-state index in [0.29, 0.717) is 17.4 Å². The van der Waals surface area contributed by atoms with Crippen molar-refractivity contribution in [2.24, 2.45) is 0 Å². The third-order valence-electron chi connectivity index (χ3n) is 4.62. The molecule has 1 heterocycles. The highest BCUT2D eigenvalue weighted by atomic mass is 19.1. The molecular formula is C23H20FN3O3. The van der Waals surface area contributed by atoms with E-state index in [-0.39, 0.29) is 11.5 Å². The minimum absolute atomic E-state index is 0.123. The first-order valence-electron chi connectivity index (χ1n) is 9.31. The monoisotopic (exact) mass is 405 g/mol. The third kappa shape index (κ3) is 3.96. The number of methoxy groups -OCH3 is 2. The van der Waals surface area contributed by atoms with Crippen LogP contribution in [0.3, 0.4) is 0 Å². The smallest absolute Gasteiger partial charge is 0.250 e. The van der Waals surface area contributed by atoms with E-state index in [9.17, 15) is 4.39 Å². The van der Waals surface area contributed by atoms with Gasteiger partial charge in [0.15, 0.2) is 11.5 Å². The van der Waals surface area contributed by atoms with E-state index < -0.39 is 11.9 Å². The van der Waals surface area contributed by atoms with Crippen molar-refractivity contribution in [3.8, 4) is 23.0 Å². The van der Waals surface area contributed by atoms with Crippen LogP contribution in [-0.4, -0.2) is 24.4 Å². The summed E-state index contributed by atoms with van der Waals surface area (Å²) in [5.41, 5.74) is 1.94. The summed E-state index contributed by atoms with van der Waals surface area (Å²) >= 11 is 0. The molecule has 0 fully saturated rings. The Hall–Kier alpha value is -3.87. The number of ether oxygens (including phenoxy) is 2. The first-order valence-corrected chi connectivity index (χ1v) is 9.31. The Kier molecular flexibility index (Phi) is 5.61. The van der Waals surface area contributed by atoms with Gasteiger partial charge < -0.3 is 19.2 Å². The number of halogens is 1. The molecule has 3 aromatic carbocycles. The van der Waals surface area contributed by atoms with Gasteiger partial charge in [0, 0.05) is 11.8 Å². The minimum Gasteiger partial charge on any atom is -0.493 e. The fourth-order valence-corrected chi connectivity index (χ4v) is 3.12. The first-order chi connectivity index (χ1) is 14.7. The van der Waals surface area contributed by atoms with Crippen LogP contribution in [-0.2, 0) is 0 Å². The Balaban J connectivity index is 1.71. The van der Waals surface area contributed by atoms with Gasteiger partial charge in [0.2, 0.25) is 5.89 Å². The third-order valence-corrected chi connectivity index (χ3v) is 4.62. The van der Waals surface area contributed by atoms with E-state index in [0.717, 1.165) is 11.3 Å². The minimum atomic E-state index is -0.447. The number of nitrogens with zero attached hydrogens (tertiary/aromatic N) is 2. The molecule has 30 heavy (non-hydrogen) atoms. The maximum absolute atomic E-state index is 14.1. The number of anilines is 1. The maximum Gasteiger partial charge on any atom is 0.250 e. The quantitative estimate of drug-likeness (QED) is 0.462. The van der Waals surface area contributed by atoms with E-state index in [1.165, 1.54) is 6.07 Å². The molecule has 0 saturated carbocycles. The normalized spacial score (nSPS) is 11.7. The molecule has 0 spiro atoms. The molecule has 152 valence electrons. The number of rotatable bonds is 7. The van der Waals surface area contributed by atoms with E-state index in [4.69, 9.17) is 13.9 Å². The summed E-state index contributed by atoms with van der Waals surface area (Å²) in [6.07, 6.45) is 0. The highest BCUT2D eigenvalue weighted by Gasteiger charge is 2.23. The van der Waals surface area contributed by atoms with Gasteiger partial charge in [0.05, 0.1) is 19.8 Å². The standard InChI is InChI=1S/C23H20FN3O3/c1-28-19-13-12-16(14-20(19)29-2)25-21(15-8-4-3-5-9-15)23-27-26-22(30-23)17-10-6-7-11-18(17)24/h3-14,21,25H,1-2H3/t21-/m0/s1. The van der Waals surface area contributed by atoms with Crippen molar-refractivity contribution in [1.82, 2.24) is 10.2 Å². The van der Waals surface area contributed by atoms with Crippen LogP contribution in [0.5, 0.6) is 11.5 Å². The van der Waals surface area contributed by atoms with Crippen LogP contribution in [0.1, 0.15) is 17.5 Å². The Morgan fingerprint density at radius 1 is 0.867 bits per heavy atom. The Labute approximate surface area is 173 Å². The molecule has 4 rings (SSSR count).